The Kier molecular flexibility index (Phi) is 16.1. The fourth-order valence-electron chi connectivity index (χ4n) is 7.67. The zero-order valence-corrected chi connectivity index (χ0v) is 45.0. The van der Waals surface area contributed by atoms with Crippen molar-refractivity contribution in [2.75, 3.05) is 0 Å². The Hall–Kier alpha value is -4.42. The van der Waals surface area contributed by atoms with Gasteiger partial charge in [0.25, 0.3) is 0 Å². The SMILES string of the molecule is CC(C)(C)C1Cc2ccccc2O1.CC(C)(C)C1Cc2ccccc2S1.CC(C)(C)c1ccc2ccsc2c1.CC(C)(C)c1ccc2sccc2c1.CC(C)(C)c1cnc2ccccc2c1. The summed E-state index contributed by atoms with van der Waals surface area (Å²) in [5.41, 5.74) is 9.43. The predicted molar refractivity (Wildman–Crippen MR) is 295 cm³/mol. The van der Waals surface area contributed by atoms with Gasteiger partial charge in [-0.15, -0.1) is 34.4 Å². The maximum absolute atomic E-state index is 5.87. The van der Waals surface area contributed by atoms with E-state index in [0.29, 0.717) is 11.5 Å². The van der Waals surface area contributed by atoms with E-state index in [2.05, 4.69) is 229 Å². The van der Waals surface area contributed by atoms with Gasteiger partial charge in [0.1, 0.15) is 11.9 Å². The number of thiophene rings is 2. The molecule has 2 aliphatic rings. The van der Waals surface area contributed by atoms with E-state index in [0.717, 1.165) is 22.9 Å². The lowest BCUT2D eigenvalue weighted by Crippen LogP contribution is -2.30. The molecule has 66 heavy (non-hydrogen) atoms. The van der Waals surface area contributed by atoms with Gasteiger partial charge in [0.15, 0.2) is 0 Å². The number of aromatic nitrogens is 1. The lowest BCUT2D eigenvalue weighted by molar-refractivity contribution is 0.109. The number of ether oxygens (including phenoxy) is 1. The van der Waals surface area contributed by atoms with Crippen molar-refractivity contribution >= 4 is 65.5 Å². The van der Waals surface area contributed by atoms with Crippen molar-refractivity contribution in [3.8, 4) is 5.75 Å². The Labute approximate surface area is 410 Å². The third kappa shape index (κ3) is 13.8. The molecule has 0 saturated carbocycles. The lowest BCUT2D eigenvalue weighted by atomic mass is 9.87. The molecule has 0 N–H and O–H groups in total. The van der Waals surface area contributed by atoms with Crippen molar-refractivity contribution in [1.82, 2.24) is 4.98 Å². The Morgan fingerprint density at radius 1 is 0.470 bits per heavy atom. The average molecular weight is 934 g/mol. The van der Waals surface area contributed by atoms with Crippen molar-refractivity contribution in [1.29, 1.82) is 0 Å². The van der Waals surface area contributed by atoms with Crippen LogP contribution in [0.5, 0.6) is 5.75 Å². The predicted octanol–water partition coefficient (Wildman–Crippen LogP) is 18.7. The minimum absolute atomic E-state index is 0.178. The van der Waals surface area contributed by atoms with E-state index in [4.69, 9.17) is 4.74 Å². The van der Waals surface area contributed by atoms with E-state index in [1.807, 2.05) is 47.5 Å². The molecule has 0 bridgehead atoms. The van der Waals surface area contributed by atoms with Gasteiger partial charge in [0.2, 0.25) is 0 Å². The van der Waals surface area contributed by atoms with Crippen LogP contribution in [-0.4, -0.2) is 16.3 Å². The molecule has 8 aromatic rings. The average Bonchev–Trinajstić information content (AvgIpc) is 4.08. The van der Waals surface area contributed by atoms with Crippen LogP contribution in [0.4, 0.5) is 0 Å². The van der Waals surface area contributed by atoms with Gasteiger partial charge in [-0.25, -0.2) is 0 Å². The first-order valence-electron chi connectivity index (χ1n) is 23.7. The first-order valence-corrected chi connectivity index (χ1v) is 26.3. The van der Waals surface area contributed by atoms with Crippen LogP contribution in [0.15, 0.2) is 149 Å². The Balaban J connectivity index is 0.000000136. The molecule has 2 nitrogen and oxygen atoms in total. The Morgan fingerprint density at radius 3 is 1.67 bits per heavy atom. The van der Waals surface area contributed by atoms with Crippen molar-refractivity contribution in [2.45, 2.75) is 149 Å². The molecule has 0 fully saturated rings. The van der Waals surface area contributed by atoms with Crippen LogP contribution in [-0.2, 0) is 29.1 Å². The highest BCUT2D eigenvalue weighted by atomic mass is 32.2. The second-order valence-corrected chi connectivity index (χ2v) is 26.2. The third-order valence-corrected chi connectivity index (χ3v) is 15.9. The van der Waals surface area contributed by atoms with Crippen LogP contribution in [0.1, 0.15) is 132 Å². The van der Waals surface area contributed by atoms with E-state index >= 15 is 0 Å². The van der Waals surface area contributed by atoms with E-state index in [-0.39, 0.29) is 21.7 Å². The Bertz CT molecular complexity index is 2610. The van der Waals surface area contributed by atoms with E-state index in [9.17, 15) is 0 Å². The summed E-state index contributed by atoms with van der Waals surface area (Å²) in [5, 5.41) is 9.01. The normalized spacial score (nSPS) is 15.7. The number of rotatable bonds is 0. The first-order chi connectivity index (χ1) is 30.9. The summed E-state index contributed by atoms with van der Waals surface area (Å²) < 4.78 is 8.65. The second kappa shape index (κ2) is 20.8. The second-order valence-electron chi connectivity index (χ2n) is 23.1. The van der Waals surface area contributed by atoms with Gasteiger partial charge >= 0.3 is 0 Å². The summed E-state index contributed by atoms with van der Waals surface area (Å²) in [7, 11) is 0. The summed E-state index contributed by atoms with van der Waals surface area (Å²) >= 11 is 5.67. The molecule has 3 aromatic heterocycles. The quantitative estimate of drug-likeness (QED) is 0.151. The van der Waals surface area contributed by atoms with Gasteiger partial charge in [0.05, 0.1) is 5.52 Å². The summed E-state index contributed by atoms with van der Waals surface area (Å²) in [5.74, 6) is 1.07. The monoisotopic (exact) mass is 934 g/mol. The molecule has 0 spiro atoms. The van der Waals surface area contributed by atoms with Gasteiger partial charge < -0.3 is 4.74 Å². The van der Waals surface area contributed by atoms with Crippen molar-refractivity contribution in [3.05, 3.63) is 172 Å². The molecule has 2 unspecified atom stereocenters. The molecule has 5 heterocycles. The fourth-order valence-corrected chi connectivity index (χ4v) is 10.6. The molecule has 0 aliphatic carbocycles. The minimum atomic E-state index is 0.178. The topological polar surface area (TPSA) is 22.1 Å². The Morgan fingerprint density at radius 2 is 1.03 bits per heavy atom. The largest absolute Gasteiger partial charge is 0.489 e. The molecular formula is C61H75NOS3. The van der Waals surface area contributed by atoms with Crippen LogP contribution in [0.3, 0.4) is 0 Å². The molecular weight excluding hydrogens is 859 g/mol. The van der Waals surface area contributed by atoms with Crippen LogP contribution in [0, 0.1) is 10.8 Å². The number of fused-ring (bicyclic) bond motifs is 5. The van der Waals surface area contributed by atoms with Crippen LogP contribution in [0.2, 0.25) is 0 Å². The molecule has 5 heteroatoms. The van der Waals surface area contributed by atoms with Gasteiger partial charge in [-0.2, -0.15) is 0 Å². The zero-order chi connectivity index (χ0) is 48.1. The number of benzene rings is 5. The number of para-hydroxylation sites is 2. The number of hydrogen-bond donors (Lipinski definition) is 0. The summed E-state index contributed by atoms with van der Waals surface area (Å²) in [4.78, 5) is 5.94. The maximum atomic E-state index is 5.87. The standard InChI is InChI=1S/C13H15N.C12H16O.2C12H14S.C12H16S/c1-13(2,3)11-8-10-6-4-5-7-12(10)14-9-11;1-12(2,3)11-8-9-6-4-5-7-10(9)13-11;1-12(2,3)10-4-5-11-9(8-10)6-7-13-11;1-12(2,3)10-5-4-9-6-7-13-11(9)8-10;1-12(2,3)11-8-9-6-4-5-7-10(9)13-11/h4-9H,1-3H3;4-7,11H,8H2,1-3H3;2*4-8H,1-3H3;4-7,11H,8H2,1-3H3. The molecule has 2 aliphatic heterocycles. The van der Waals surface area contributed by atoms with Gasteiger partial charge in [0, 0.05) is 37.5 Å². The zero-order valence-electron chi connectivity index (χ0n) is 42.5. The molecule has 348 valence electrons. The van der Waals surface area contributed by atoms with Gasteiger partial charge in [-0.3, -0.25) is 4.98 Å². The molecule has 0 saturated heterocycles. The van der Waals surface area contributed by atoms with Gasteiger partial charge in [-0.05, 0) is 137 Å². The van der Waals surface area contributed by atoms with Crippen molar-refractivity contribution in [2.24, 2.45) is 10.8 Å². The highest BCUT2D eigenvalue weighted by Crippen LogP contribution is 2.45. The first kappa shape index (κ1) is 51.0. The smallest absolute Gasteiger partial charge is 0.123 e. The minimum Gasteiger partial charge on any atom is -0.489 e. The lowest BCUT2D eigenvalue weighted by Gasteiger charge is -2.25. The number of pyridine rings is 1. The van der Waals surface area contributed by atoms with Gasteiger partial charge in [-0.1, -0.05) is 177 Å². The number of nitrogens with zero attached hydrogens (tertiary/aromatic N) is 1. The molecule has 2 atom stereocenters. The van der Waals surface area contributed by atoms with Crippen LogP contribution >= 0.6 is 34.4 Å². The fraction of sp³-hybridized carbons (Fsp3) is 0.393. The summed E-state index contributed by atoms with van der Waals surface area (Å²) in [6.45, 7) is 33.8. The highest BCUT2D eigenvalue weighted by Gasteiger charge is 2.33. The van der Waals surface area contributed by atoms with E-state index < -0.39 is 0 Å². The van der Waals surface area contributed by atoms with Crippen molar-refractivity contribution < 1.29 is 4.74 Å². The molecule has 5 aromatic carbocycles. The number of hydrogen-bond acceptors (Lipinski definition) is 5. The number of thioether (sulfide) groups is 1. The highest BCUT2D eigenvalue weighted by molar-refractivity contribution is 8.00. The molecule has 10 rings (SSSR count). The maximum Gasteiger partial charge on any atom is 0.123 e. The summed E-state index contributed by atoms with van der Waals surface area (Å²) in [6.07, 6.45) is 4.61. The molecule has 0 radical (unpaired) electrons. The van der Waals surface area contributed by atoms with E-state index in [1.165, 1.54) is 64.7 Å². The molecule has 0 amide bonds. The van der Waals surface area contributed by atoms with Crippen molar-refractivity contribution in [3.63, 3.8) is 0 Å². The van der Waals surface area contributed by atoms with E-state index in [1.54, 1.807) is 11.3 Å². The van der Waals surface area contributed by atoms with Crippen LogP contribution in [0.25, 0.3) is 31.1 Å². The third-order valence-electron chi connectivity index (χ3n) is 12.3. The van der Waals surface area contributed by atoms with Crippen LogP contribution < -0.4 is 4.74 Å². The summed E-state index contributed by atoms with van der Waals surface area (Å²) in [6, 6.07) is 45.4.